The zero-order chi connectivity index (χ0) is 30.3. The highest BCUT2D eigenvalue weighted by molar-refractivity contribution is 7.80. The second-order valence-electron chi connectivity index (χ2n) is 12.2. The summed E-state index contributed by atoms with van der Waals surface area (Å²) in [6.45, 7) is 11.4. The summed E-state index contributed by atoms with van der Waals surface area (Å²) in [5.41, 5.74) is 18.3. The third-order valence-corrected chi connectivity index (χ3v) is 9.28. The van der Waals surface area contributed by atoms with Crippen molar-refractivity contribution in [1.82, 2.24) is 0 Å². The fourth-order valence-electron chi connectivity index (χ4n) is 5.98. The number of thiol groups is 1. The number of benzene rings is 2. The standard InChI is InChI=1S/C33H38ClN2O.C3H9NS/c1-32(2)25-13-5-7-15-27(25)36(22-10-21-35)29(32)19-17-23-11-9-12-24(31(23)34)18-20-30-33(3,4)26-14-6-8-16-28(26)37-30;4-2-1-3-5/h5-8,13-20H,9-12,21-22,35H2,1-4H3;5H,1-4H2/q+1;/b19-17+,24-18+,30-20+;. The first-order valence-electron chi connectivity index (χ1n) is 15.2. The first-order chi connectivity index (χ1) is 20.2. The lowest BCUT2D eigenvalue weighted by Crippen LogP contribution is -2.28. The van der Waals surface area contributed by atoms with E-state index in [0.717, 1.165) is 67.5 Å². The van der Waals surface area contributed by atoms with Crippen LogP contribution < -0.4 is 16.2 Å². The molecule has 0 radical (unpaired) electrons. The van der Waals surface area contributed by atoms with E-state index < -0.39 is 0 Å². The van der Waals surface area contributed by atoms with Gasteiger partial charge in [0, 0.05) is 34.7 Å². The molecule has 2 aliphatic heterocycles. The number of para-hydroxylation sites is 2. The molecule has 4 N–H and O–H groups in total. The van der Waals surface area contributed by atoms with Crippen LogP contribution >= 0.6 is 24.2 Å². The van der Waals surface area contributed by atoms with Crippen LogP contribution in [0.15, 0.2) is 94.8 Å². The molecule has 0 amide bonds. The number of nitrogens with zero attached hydrogens (tertiary/aromatic N) is 1. The van der Waals surface area contributed by atoms with Crippen molar-refractivity contribution in [3.63, 3.8) is 0 Å². The van der Waals surface area contributed by atoms with E-state index in [0.29, 0.717) is 6.54 Å². The minimum atomic E-state index is -0.159. The summed E-state index contributed by atoms with van der Waals surface area (Å²) in [6.07, 6.45) is 13.8. The first-order valence-corrected chi connectivity index (χ1v) is 16.2. The molecule has 2 heterocycles. The molecule has 1 aliphatic carbocycles. The molecule has 4 nitrogen and oxygen atoms in total. The molecule has 5 rings (SSSR count). The van der Waals surface area contributed by atoms with Crippen molar-refractivity contribution in [2.75, 3.05) is 25.4 Å². The van der Waals surface area contributed by atoms with Gasteiger partial charge in [0.2, 0.25) is 5.69 Å². The highest BCUT2D eigenvalue weighted by Gasteiger charge is 2.44. The van der Waals surface area contributed by atoms with Crippen LogP contribution in [-0.2, 0) is 10.8 Å². The van der Waals surface area contributed by atoms with Gasteiger partial charge in [-0.1, -0.05) is 60.2 Å². The third-order valence-electron chi connectivity index (χ3n) is 8.48. The summed E-state index contributed by atoms with van der Waals surface area (Å²) in [4.78, 5) is 0. The molecule has 0 saturated heterocycles. The number of nitrogens with two attached hydrogens (primary N) is 2. The van der Waals surface area contributed by atoms with Crippen molar-refractivity contribution >= 4 is 35.6 Å². The molecule has 2 aromatic carbocycles. The Kier molecular flexibility index (Phi) is 11.0. The fraction of sp³-hybridized carbons (Fsp3) is 0.417. The number of hydrogen-bond donors (Lipinski definition) is 3. The van der Waals surface area contributed by atoms with E-state index in [1.165, 1.54) is 33.7 Å². The smallest absolute Gasteiger partial charge is 0.209 e. The SMILES string of the molecule is CC1(C)C(/C=C/C2=C(Cl)C(=C/C=C3/Oc4ccccc4C3(C)C)/CCC2)=[N+](CCCN)c2ccccc21.NCCCS. The molecule has 6 heteroatoms. The van der Waals surface area contributed by atoms with E-state index in [2.05, 4.69) is 106 Å². The van der Waals surface area contributed by atoms with Gasteiger partial charge in [0.05, 0.1) is 10.8 Å². The van der Waals surface area contributed by atoms with Gasteiger partial charge in [0.15, 0.2) is 12.3 Å². The summed E-state index contributed by atoms with van der Waals surface area (Å²) in [5, 5.41) is 0.870. The average Bonchev–Trinajstić information content (AvgIpc) is 3.37. The van der Waals surface area contributed by atoms with Gasteiger partial charge in [-0.3, -0.25) is 0 Å². The van der Waals surface area contributed by atoms with Gasteiger partial charge in [0.25, 0.3) is 0 Å². The maximum Gasteiger partial charge on any atom is 0.209 e. The van der Waals surface area contributed by atoms with Crippen LogP contribution in [0.3, 0.4) is 0 Å². The largest absolute Gasteiger partial charge is 0.460 e. The molecule has 3 aliphatic rings. The average molecular weight is 605 g/mol. The lowest BCUT2D eigenvalue weighted by Gasteiger charge is -2.19. The summed E-state index contributed by atoms with van der Waals surface area (Å²) >= 11 is 10.9. The normalized spacial score (nSPS) is 20.6. The van der Waals surface area contributed by atoms with Crippen LogP contribution in [0.25, 0.3) is 0 Å². The van der Waals surface area contributed by atoms with E-state index in [-0.39, 0.29) is 10.8 Å². The van der Waals surface area contributed by atoms with E-state index >= 15 is 0 Å². The molecule has 0 atom stereocenters. The highest BCUT2D eigenvalue weighted by Crippen LogP contribution is 2.45. The molecule has 0 fully saturated rings. The Morgan fingerprint density at radius 3 is 2.24 bits per heavy atom. The summed E-state index contributed by atoms with van der Waals surface area (Å²) in [6, 6.07) is 17.0. The second-order valence-corrected chi connectivity index (χ2v) is 13.0. The molecule has 0 unspecified atom stereocenters. The first kappa shape index (κ1) is 32.3. The predicted octanol–water partition coefficient (Wildman–Crippen LogP) is 8.09. The van der Waals surface area contributed by atoms with Crippen LogP contribution in [0.5, 0.6) is 5.75 Å². The van der Waals surface area contributed by atoms with Crippen LogP contribution in [-0.4, -0.2) is 35.7 Å². The van der Waals surface area contributed by atoms with Crippen molar-refractivity contribution in [2.45, 2.75) is 70.6 Å². The van der Waals surface area contributed by atoms with Crippen molar-refractivity contribution in [1.29, 1.82) is 0 Å². The third kappa shape index (κ3) is 6.81. The Bertz CT molecular complexity index is 1430. The number of fused-ring (bicyclic) bond motifs is 2. The van der Waals surface area contributed by atoms with E-state index in [1.54, 1.807) is 0 Å². The topological polar surface area (TPSA) is 64.3 Å². The zero-order valence-electron chi connectivity index (χ0n) is 25.6. The Balaban J connectivity index is 0.000000748. The number of rotatable bonds is 8. The van der Waals surface area contributed by atoms with Crippen LogP contribution in [0.2, 0.25) is 0 Å². The molecule has 42 heavy (non-hydrogen) atoms. The number of allylic oxidation sites excluding steroid dienone is 8. The minimum Gasteiger partial charge on any atom is -0.460 e. The molecular weight excluding hydrogens is 558 g/mol. The Labute approximate surface area is 263 Å². The lowest BCUT2D eigenvalue weighted by atomic mass is 9.81. The molecule has 0 saturated carbocycles. The Hall–Kier alpha value is -2.57. The zero-order valence-corrected chi connectivity index (χ0v) is 27.3. The van der Waals surface area contributed by atoms with Gasteiger partial charge >= 0.3 is 0 Å². The van der Waals surface area contributed by atoms with Gasteiger partial charge in [-0.25, -0.2) is 0 Å². The second kappa shape index (κ2) is 14.3. The monoisotopic (exact) mass is 604 g/mol. The molecule has 224 valence electrons. The van der Waals surface area contributed by atoms with E-state index in [9.17, 15) is 0 Å². The number of halogens is 1. The summed E-state index contributed by atoms with van der Waals surface area (Å²) < 4.78 is 8.65. The Morgan fingerprint density at radius 1 is 0.881 bits per heavy atom. The van der Waals surface area contributed by atoms with Gasteiger partial charge < -0.3 is 16.2 Å². The minimum absolute atomic E-state index is 0.0765. The number of ether oxygens (including phenoxy) is 1. The maximum atomic E-state index is 7.01. The Morgan fingerprint density at radius 2 is 1.57 bits per heavy atom. The van der Waals surface area contributed by atoms with E-state index in [1.807, 2.05) is 12.1 Å². The lowest BCUT2D eigenvalue weighted by molar-refractivity contribution is -0.437. The van der Waals surface area contributed by atoms with Crippen molar-refractivity contribution in [3.05, 3.63) is 106 Å². The van der Waals surface area contributed by atoms with Crippen LogP contribution in [0, 0.1) is 0 Å². The highest BCUT2D eigenvalue weighted by atomic mass is 35.5. The summed E-state index contributed by atoms with van der Waals surface area (Å²) in [5.74, 6) is 2.82. The van der Waals surface area contributed by atoms with E-state index in [4.69, 9.17) is 27.8 Å². The molecular formula is C36H47ClN3OS+. The van der Waals surface area contributed by atoms with Gasteiger partial charge in [-0.05, 0) is 95.5 Å². The quantitative estimate of drug-likeness (QED) is 0.211. The molecule has 0 spiro atoms. The van der Waals surface area contributed by atoms with Crippen LogP contribution in [0.1, 0.15) is 70.9 Å². The van der Waals surface area contributed by atoms with Gasteiger partial charge in [0.1, 0.15) is 11.5 Å². The van der Waals surface area contributed by atoms with Crippen molar-refractivity contribution < 1.29 is 9.31 Å². The maximum absolute atomic E-state index is 7.01. The number of hydrogen-bond acceptors (Lipinski definition) is 4. The van der Waals surface area contributed by atoms with Crippen LogP contribution in [0.4, 0.5) is 5.69 Å². The van der Waals surface area contributed by atoms with Crippen molar-refractivity contribution in [3.8, 4) is 5.75 Å². The van der Waals surface area contributed by atoms with Crippen molar-refractivity contribution in [2.24, 2.45) is 11.5 Å². The summed E-state index contributed by atoms with van der Waals surface area (Å²) in [7, 11) is 0. The predicted molar refractivity (Wildman–Crippen MR) is 183 cm³/mol. The molecule has 0 bridgehead atoms. The van der Waals surface area contributed by atoms with Gasteiger partial charge in [-0.15, -0.1) is 0 Å². The van der Waals surface area contributed by atoms with Gasteiger partial charge in [-0.2, -0.15) is 17.2 Å². The molecule has 0 aromatic heterocycles. The molecule has 2 aromatic rings. The fourth-order valence-corrected chi connectivity index (χ4v) is 6.48.